The molecule has 1 fully saturated rings. The van der Waals surface area contributed by atoms with Gasteiger partial charge in [0.15, 0.2) is 16.6 Å². The molecule has 0 aliphatic carbocycles. The van der Waals surface area contributed by atoms with Crippen LogP contribution >= 0.6 is 11.3 Å². The molecule has 1 atom stereocenters. The molecule has 11 heteroatoms. The number of aromatic nitrogens is 1. The molecule has 10 nitrogen and oxygen atoms in total. The molecule has 2 aromatic carbocycles. The van der Waals surface area contributed by atoms with Crippen LogP contribution in [0.15, 0.2) is 48.0 Å². The Bertz CT molecular complexity index is 1510. The summed E-state index contributed by atoms with van der Waals surface area (Å²) in [5, 5.41) is 11.6. The minimum Gasteiger partial charge on any atom is -0.507 e. The average Bonchev–Trinajstić information content (AvgIpc) is 3.49. The lowest BCUT2D eigenvalue weighted by atomic mass is 9.95. The Morgan fingerprint density at radius 2 is 1.79 bits per heavy atom. The van der Waals surface area contributed by atoms with Crippen molar-refractivity contribution in [2.45, 2.75) is 40.2 Å². The maximum atomic E-state index is 13.6. The third kappa shape index (κ3) is 6.11. The normalized spacial score (nSPS) is 16.2. The molecule has 42 heavy (non-hydrogen) atoms. The first kappa shape index (κ1) is 30.6. The molecule has 0 radical (unpaired) electrons. The van der Waals surface area contributed by atoms with Gasteiger partial charge in [0, 0.05) is 5.56 Å². The summed E-state index contributed by atoms with van der Waals surface area (Å²) in [6, 6.07) is 10.5. The third-order valence-corrected chi connectivity index (χ3v) is 7.84. The molecule has 1 unspecified atom stereocenters. The topological polar surface area (TPSA) is 124 Å². The van der Waals surface area contributed by atoms with Crippen molar-refractivity contribution in [1.29, 1.82) is 0 Å². The minimum absolute atomic E-state index is 0.115. The van der Waals surface area contributed by atoms with Crippen LogP contribution in [0.25, 0.3) is 5.76 Å². The second-order valence-corrected chi connectivity index (χ2v) is 10.9. The van der Waals surface area contributed by atoms with Crippen molar-refractivity contribution in [1.82, 2.24) is 4.98 Å². The Hall–Kier alpha value is -4.38. The van der Waals surface area contributed by atoms with Crippen LogP contribution in [0, 0.1) is 12.8 Å². The molecule has 4 rings (SSSR count). The first-order chi connectivity index (χ1) is 20.1. The number of ether oxygens (including phenoxy) is 4. The summed E-state index contributed by atoms with van der Waals surface area (Å²) in [6.45, 7) is 8.51. The highest BCUT2D eigenvalue weighted by molar-refractivity contribution is 7.17. The first-order valence-corrected chi connectivity index (χ1v) is 14.3. The number of hydrogen-bond acceptors (Lipinski definition) is 10. The lowest BCUT2D eigenvalue weighted by molar-refractivity contribution is -0.132. The van der Waals surface area contributed by atoms with Crippen LogP contribution < -0.4 is 19.1 Å². The lowest BCUT2D eigenvalue weighted by Crippen LogP contribution is -2.29. The van der Waals surface area contributed by atoms with E-state index in [1.807, 2.05) is 6.92 Å². The van der Waals surface area contributed by atoms with Gasteiger partial charge in [-0.1, -0.05) is 31.3 Å². The van der Waals surface area contributed by atoms with Gasteiger partial charge in [-0.05, 0) is 68.1 Å². The Morgan fingerprint density at radius 1 is 1.07 bits per heavy atom. The van der Waals surface area contributed by atoms with Crippen LogP contribution in [-0.4, -0.2) is 55.2 Å². The maximum Gasteiger partial charge on any atom is 0.350 e. The zero-order valence-corrected chi connectivity index (χ0v) is 25.2. The van der Waals surface area contributed by atoms with Crippen LogP contribution in [-0.2, 0) is 14.3 Å². The molecular weight excluding hydrogens is 560 g/mol. The first-order valence-electron chi connectivity index (χ1n) is 13.5. The number of aliphatic hydroxyl groups excluding tert-OH is 1. The van der Waals surface area contributed by atoms with Crippen molar-refractivity contribution in [3.8, 4) is 17.2 Å². The van der Waals surface area contributed by atoms with Gasteiger partial charge >= 0.3 is 11.9 Å². The summed E-state index contributed by atoms with van der Waals surface area (Å²) in [5.74, 6) is -0.790. The van der Waals surface area contributed by atoms with E-state index in [9.17, 15) is 19.5 Å². The zero-order chi connectivity index (χ0) is 30.6. The van der Waals surface area contributed by atoms with Gasteiger partial charge in [-0.3, -0.25) is 14.5 Å². The summed E-state index contributed by atoms with van der Waals surface area (Å²) >= 11 is 0.930. The van der Waals surface area contributed by atoms with E-state index in [2.05, 4.69) is 18.8 Å². The minimum atomic E-state index is -1.08. The number of thiazole rings is 1. The van der Waals surface area contributed by atoms with Gasteiger partial charge in [-0.25, -0.2) is 9.78 Å². The molecule has 1 saturated heterocycles. The van der Waals surface area contributed by atoms with Gasteiger partial charge in [-0.15, -0.1) is 0 Å². The number of nitrogens with zero attached hydrogens (tertiary/aromatic N) is 2. The molecule has 0 spiro atoms. The van der Waals surface area contributed by atoms with Crippen molar-refractivity contribution in [3.05, 3.63) is 69.7 Å². The molecule has 1 aliphatic heterocycles. The van der Waals surface area contributed by atoms with E-state index in [1.165, 1.54) is 19.1 Å². The van der Waals surface area contributed by atoms with E-state index in [0.29, 0.717) is 53.2 Å². The number of esters is 1. The SMILES string of the molecule is CCOc1cc(C2/C(=C(\O)c3ccc(OC)cc3)C(=O)C(=O)N2c2nc(C)c(C(=O)OC)s2)ccc1OCCC(C)C. The van der Waals surface area contributed by atoms with Crippen molar-refractivity contribution < 1.29 is 38.4 Å². The Balaban J connectivity index is 1.89. The van der Waals surface area contributed by atoms with Gasteiger partial charge in [-0.2, -0.15) is 0 Å². The summed E-state index contributed by atoms with van der Waals surface area (Å²) in [5.41, 5.74) is 1.02. The highest BCUT2D eigenvalue weighted by Gasteiger charge is 2.48. The highest BCUT2D eigenvalue weighted by atomic mass is 32.1. The molecule has 1 amide bonds. The lowest BCUT2D eigenvalue weighted by Gasteiger charge is -2.24. The number of benzene rings is 2. The number of hydrogen-bond donors (Lipinski definition) is 1. The molecule has 0 saturated carbocycles. The largest absolute Gasteiger partial charge is 0.507 e. The van der Waals surface area contributed by atoms with E-state index >= 15 is 0 Å². The molecular formula is C31H34N2O8S. The number of carbonyl (C=O) groups excluding carboxylic acids is 3. The van der Waals surface area contributed by atoms with Crippen LogP contribution in [0.2, 0.25) is 0 Å². The number of aliphatic hydroxyl groups is 1. The number of amides is 1. The second-order valence-electron chi connectivity index (χ2n) is 9.97. The van der Waals surface area contributed by atoms with Crippen LogP contribution in [0.4, 0.5) is 5.13 Å². The predicted octanol–water partition coefficient (Wildman–Crippen LogP) is 5.70. The van der Waals surface area contributed by atoms with Crippen molar-refractivity contribution in [2.24, 2.45) is 5.92 Å². The number of carbonyl (C=O) groups is 3. The highest BCUT2D eigenvalue weighted by Crippen LogP contribution is 2.45. The maximum absolute atomic E-state index is 13.6. The van der Waals surface area contributed by atoms with Gasteiger partial charge in [0.05, 0.1) is 44.7 Å². The zero-order valence-electron chi connectivity index (χ0n) is 24.4. The molecule has 2 heterocycles. The quantitative estimate of drug-likeness (QED) is 0.129. The number of rotatable bonds is 11. The predicted molar refractivity (Wildman–Crippen MR) is 159 cm³/mol. The second kappa shape index (κ2) is 13.1. The van der Waals surface area contributed by atoms with Crippen LogP contribution in [0.1, 0.15) is 59.7 Å². The summed E-state index contributed by atoms with van der Waals surface area (Å²) in [7, 11) is 2.77. The molecule has 222 valence electrons. The van der Waals surface area contributed by atoms with Crippen LogP contribution in [0.3, 0.4) is 0 Å². The monoisotopic (exact) mass is 594 g/mol. The Morgan fingerprint density at radius 3 is 2.40 bits per heavy atom. The average molecular weight is 595 g/mol. The number of aryl methyl sites for hydroxylation is 1. The van der Waals surface area contributed by atoms with E-state index in [1.54, 1.807) is 49.4 Å². The van der Waals surface area contributed by atoms with Gasteiger partial charge in [0.2, 0.25) is 0 Å². The van der Waals surface area contributed by atoms with Crippen LogP contribution in [0.5, 0.6) is 17.2 Å². The van der Waals surface area contributed by atoms with Gasteiger partial charge < -0.3 is 24.1 Å². The molecule has 1 N–H and O–H groups in total. The van der Waals surface area contributed by atoms with E-state index < -0.39 is 23.7 Å². The summed E-state index contributed by atoms with van der Waals surface area (Å²) < 4.78 is 21.9. The van der Waals surface area contributed by atoms with E-state index in [4.69, 9.17) is 18.9 Å². The molecule has 3 aromatic rings. The number of anilines is 1. The van der Waals surface area contributed by atoms with Crippen molar-refractivity contribution in [3.63, 3.8) is 0 Å². The third-order valence-electron chi connectivity index (χ3n) is 6.71. The van der Waals surface area contributed by atoms with Crippen molar-refractivity contribution >= 4 is 39.9 Å². The van der Waals surface area contributed by atoms with Gasteiger partial charge in [0.25, 0.3) is 5.78 Å². The van der Waals surface area contributed by atoms with E-state index in [0.717, 1.165) is 17.8 Å². The smallest absolute Gasteiger partial charge is 0.350 e. The Labute approximate surface area is 248 Å². The number of ketones is 1. The van der Waals surface area contributed by atoms with Crippen molar-refractivity contribution in [2.75, 3.05) is 32.3 Å². The van der Waals surface area contributed by atoms with E-state index in [-0.39, 0.29) is 21.3 Å². The summed E-state index contributed by atoms with van der Waals surface area (Å²) in [6.07, 6.45) is 0.848. The Kier molecular flexibility index (Phi) is 9.52. The fourth-order valence-corrected chi connectivity index (χ4v) is 5.52. The molecule has 1 aliphatic rings. The summed E-state index contributed by atoms with van der Waals surface area (Å²) in [4.78, 5) is 45.3. The number of methoxy groups -OCH3 is 2. The standard InChI is InChI=1S/C31H34N2O8S/c1-7-40-23-16-20(10-13-22(23)41-15-14-17(2)3)25-24(26(34)19-8-11-21(38-5)12-9-19)27(35)29(36)33(25)31-32-18(4)28(42-31)30(37)39-6/h8-13,16-17,25,34H,7,14-15H2,1-6H3/b26-24+. The fraction of sp³-hybridized carbons (Fsp3) is 0.355. The fourth-order valence-electron chi connectivity index (χ4n) is 4.50. The molecule has 0 bridgehead atoms. The number of Topliss-reactive ketones (excluding diaryl/α,β-unsaturated/α-hetero) is 1. The van der Waals surface area contributed by atoms with Gasteiger partial charge in [0.1, 0.15) is 16.4 Å². The molecule has 1 aromatic heterocycles.